The minimum absolute atomic E-state index is 0.0711. The summed E-state index contributed by atoms with van der Waals surface area (Å²) < 4.78 is 0. The maximum Gasteiger partial charge on any atom is 0.269 e. The number of hydrazine groups is 1. The van der Waals surface area contributed by atoms with Crippen LogP contribution in [0.5, 0.6) is 0 Å². The minimum Gasteiger partial charge on any atom is -0.314 e. The molecule has 5 N–H and O–H groups in total. The van der Waals surface area contributed by atoms with Gasteiger partial charge in [0.05, 0.1) is 4.92 Å². The van der Waals surface area contributed by atoms with Gasteiger partial charge >= 0.3 is 0 Å². The summed E-state index contributed by atoms with van der Waals surface area (Å²) in [4.78, 5) is 10.6. The Morgan fingerprint density at radius 3 is 1.90 bits per heavy atom. The molecule has 2 rings (SSSR count). The van der Waals surface area contributed by atoms with E-state index in [0.717, 1.165) is 70.9 Å². The van der Waals surface area contributed by atoms with Crippen molar-refractivity contribution in [2.75, 3.05) is 58.9 Å². The van der Waals surface area contributed by atoms with Gasteiger partial charge in [-0.15, -0.1) is 0 Å². The zero-order valence-corrected chi connectivity index (χ0v) is 18.7. The lowest BCUT2D eigenvalue weighted by atomic mass is 9.99. The Hall–Kier alpha value is -1.62. The topological polar surface area (TPSA) is 107 Å². The number of hydrogen-bond acceptors (Lipinski definition) is 8. The van der Waals surface area contributed by atoms with Crippen molar-refractivity contribution in [3.05, 3.63) is 39.9 Å². The van der Waals surface area contributed by atoms with Crippen LogP contribution in [0.15, 0.2) is 24.3 Å². The number of non-ortho nitro benzene ring substituents is 1. The molecule has 9 nitrogen and oxygen atoms in total. The molecular formula is C21H39N7O2. The van der Waals surface area contributed by atoms with Gasteiger partial charge in [0.15, 0.2) is 0 Å². The van der Waals surface area contributed by atoms with Crippen molar-refractivity contribution >= 4 is 5.69 Å². The Morgan fingerprint density at radius 1 is 0.900 bits per heavy atom. The third-order valence-electron chi connectivity index (χ3n) is 5.11. The van der Waals surface area contributed by atoms with Crippen molar-refractivity contribution in [3.63, 3.8) is 0 Å². The molecular weight excluding hydrogens is 382 g/mol. The van der Waals surface area contributed by atoms with Gasteiger partial charge in [0.25, 0.3) is 5.69 Å². The molecule has 1 aliphatic heterocycles. The molecule has 1 saturated heterocycles. The Kier molecular flexibility index (Phi) is 10.6. The van der Waals surface area contributed by atoms with E-state index in [9.17, 15) is 10.1 Å². The molecule has 170 valence electrons. The van der Waals surface area contributed by atoms with E-state index in [2.05, 4.69) is 52.5 Å². The first-order chi connectivity index (χ1) is 14.4. The highest BCUT2D eigenvalue weighted by Crippen LogP contribution is 2.19. The molecule has 30 heavy (non-hydrogen) atoms. The second-order valence-electron chi connectivity index (χ2n) is 8.68. The zero-order chi connectivity index (χ0) is 21.8. The average molecular weight is 422 g/mol. The van der Waals surface area contributed by atoms with Gasteiger partial charge in [0.2, 0.25) is 0 Å². The molecule has 0 amide bonds. The smallest absolute Gasteiger partial charge is 0.269 e. The summed E-state index contributed by atoms with van der Waals surface area (Å²) >= 11 is 0. The maximum atomic E-state index is 11.0. The summed E-state index contributed by atoms with van der Waals surface area (Å²) in [6.45, 7) is 14.9. The summed E-state index contributed by atoms with van der Waals surface area (Å²) in [5, 5.41) is 27.2. The molecule has 9 heteroatoms. The lowest BCUT2D eigenvalue weighted by Crippen LogP contribution is -2.60. The zero-order valence-electron chi connectivity index (χ0n) is 18.7. The second kappa shape index (κ2) is 12.9. The van der Waals surface area contributed by atoms with Gasteiger partial charge in [-0.1, -0.05) is 12.1 Å². The fraction of sp³-hybridized carbons (Fsp3) is 0.714. The number of hydrogen-bond donors (Lipinski definition) is 5. The third kappa shape index (κ3) is 9.03. The molecule has 1 unspecified atom stereocenters. The highest BCUT2D eigenvalue weighted by Gasteiger charge is 2.29. The van der Waals surface area contributed by atoms with Crippen molar-refractivity contribution in [1.29, 1.82) is 0 Å². The number of nitrogens with zero attached hydrogens (tertiary/aromatic N) is 2. The van der Waals surface area contributed by atoms with Gasteiger partial charge in [-0.2, -0.15) is 0 Å². The van der Waals surface area contributed by atoms with Crippen LogP contribution >= 0.6 is 0 Å². The van der Waals surface area contributed by atoms with Crippen LogP contribution in [0.25, 0.3) is 0 Å². The Morgan fingerprint density at radius 2 is 1.40 bits per heavy atom. The van der Waals surface area contributed by atoms with Crippen molar-refractivity contribution < 1.29 is 4.92 Å². The standard InChI is InChI=1S/C21H39N7O2/c1-21(2,3)27-20(16-18-4-6-19(7-5-18)28(29)30)17-25-13-12-23-9-8-22-10-11-24-14-15-26-27/h4-7,20,22-26H,8-17H2,1-3H3. The fourth-order valence-electron chi connectivity index (χ4n) is 3.63. The van der Waals surface area contributed by atoms with Crippen LogP contribution in [0.4, 0.5) is 5.69 Å². The van der Waals surface area contributed by atoms with Gasteiger partial charge in [-0.3, -0.25) is 15.5 Å². The molecule has 0 aliphatic carbocycles. The first-order valence-electron chi connectivity index (χ1n) is 11.0. The van der Waals surface area contributed by atoms with Crippen molar-refractivity contribution in [2.45, 2.75) is 38.8 Å². The van der Waals surface area contributed by atoms with E-state index < -0.39 is 0 Å². The number of nitrogens with one attached hydrogen (secondary N) is 5. The number of nitro benzene ring substituents is 1. The first-order valence-corrected chi connectivity index (χ1v) is 11.0. The van der Waals surface area contributed by atoms with Crippen LogP contribution in [0.1, 0.15) is 26.3 Å². The highest BCUT2D eigenvalue weighted by atomic mass is 16.6. The van der Waals surface area contributed by atoms with E-state index in [1.54, 1.807) is 12.1 Å². The number of rotatable bonds is 3. The molecule has 1 fully saturated rings. The van der Waals surface area contributed by atoms with Crippen LogP contribution in [0.3, 0.4) is 0 Å². The lowest BCUT2D eigenvalue weighted by Gasteiger charge is -2.42. The van der Waals surface area contributed by atoms with E-state index in [1.807, 2.05) is 12.1 Å². The summed E-state index contributed by atoms with van der Waals surface area (Å²) in [5.41, 5.74) is 4.79. The van der Waals surface area contributed by atoms with E-state index >= 15 is 0 Å². The SMILES string of the molecule is CC(C)(C)N1NCCNCCNCCNCCNCC1Cc1ccc([N+](=O)[O-])cc1. The predicted molar refractivity (Wildman–Crippen MR) is 122 cm³/mol. The van der Waals surface area contributed by atoms with Crippen molar-refractivity contribution in [2.24, 2.45) is 0 Å². The van der Waals surface area contributed by atoms with Crippen LogP contribution in [-0.2, 0) is 6.42 Å². The van der Waals surface area contributed by atoms with Crippen molar-refractivity contribution in [3.8, 4) is 0 Å². The Bertz CT molecular complexity index is 619. The monoisotopic (exact) mass is 421 g/mol. The van der Waals surface area contributed by atoms with Crippen molar-refractivity contribution in [1.82, 2.24) is 31.7 Å². The molecule has 0 saturated carbocycles. The van der Waals surface area contributed by atoms with Gasteiger partial charge in [-0.05, 0) is 32.8 Å². The highest BCUT2D eigenvalue weighted by molar-refractivity contribution is 5.33. The normalized spacial score (nSPS) is 21.9. The lowest BCUT2D eigenvalue weighted by molar-refractivity contribution is -0.384. The molecule has 1 aromatic rings. The molecule has 0 bridgehead atoms. The van der Waals surface area contributed by atoms with Gasteiger partial charge < -0.3 is 21.3 Å². The number of benzene rings is 1. The predicted octanol–water partition coefficient (Wildman–Crippen LogP) is 0.483. The van der Waals surface area contributed by atoms with E-state index in [4.69, 9.17) is 0 Å². The molecule has 1 aliphatic rings. The molecule has 0 aromatic heterocycles. The maximum absolute atomic E-state index is 11.0. The molecule has 1 heterocycles. The summed E-state index contributed by atoms with van der Waals surface area (Å²) in [5.74, 6) is 0. The molecule has 0 radical (unpaired) electrons. The summed E-state index contributed by atoms with van der Waals surface area (Å²) in [6, 6.07) is 7.13. The summed E-state index contributed by atoms with van der Waals surface area (Å²) in [7, 11) is 0. The van der Waals surface area contributed by atoms with Crippen LogP contribution in [0.2, 0.25) is 0 Å². The van der Waals surface area contributed by atoms with Crippen LogP contribution < -0.4 is 26.7 Å². The third-order valence-corrected chi connectivity index (χ3v) is 5.11. The van der Waals surface area contributed by atoms with E-state index in [-0.39, 0.29) is 22.2 Å². The fourth-order valence-corrected chi connectivity index (χ4v) is 3.63. The Balaban J connectivity index is 2.09. The number of nitro groups is 1. The quantitative estimate of drug-likeness (QED) is 0.355. The van der Waals surface area contributed by atoms with Crippen LogP contribution in [-0.4, -0.2) is 80.4 Å². The van der Waals surface area contributed by atoms with Gasteiger partial charge in [0.1, 0.15) is 0 Å². The molecule has 1 aromatic carbocycles. The van der Waals surface area contributed by atoms with E-state index in [1.165, 1.54) is 0 Å². The van der Waals surface area contributed by atoms with Crippen LogP contribution in [0, 0.1) is 10.1 Å². The molecule has 0 spiro atoms. The minimum atomic E-state index is -0.351. The van der Waals surface area contributed by atoms with E-state index in [0.29, 0.717) is 0 Å². The van der Waals surface area contributed by atoms with Gasteiger partial charge in [-0.25, -0.2) is 5.01 Å². The molecule has 1 atom stereocenters. The Labute approximate surface area is 180 Å². The first kappa shape index (κ1) is 24.6. The van der Waals surface area contributed by atoms with Gasteiger partial charge in [0, 0.05) is 82.6 Å². The largest absolute Gasteiger partial charge is 0.314 e. The average Bonchev–Trinajstić information content (AvgIpc) is 2.69. The summed E-state index contributed by atoms with van der Waals surface area (Å²) in [6.07, 6.45) is 0.806. The second-order valence-corrected chi connectivity index (χ2v) is 8.68.